The maximum atomic E-state index is 12.6. The molecule has 2 aromatic heterocycles. The summed E-state index contributed by atoms with van der Waals surface area (Å²) in [6, 6.07) is 51.6. The van der Waals surface area contributed by atoms with Crippen LogP contribution in [0.3, 0.4) is 0 Å². The number of benzene rings is 6. The molecule has 8 aromatic rings. The highest BCUT2D eigenvalue weighted by molar-refractivity contribution is 5.85. The van der Waals surface area contributed by atoms with Gasteiger partial charge in [-0.05, 0) is 51.6 Å². The molecule has 0 aliphatic carbocycles. The van der Waals surface area contributed by atoms with Gasteiger partial charge in [0.15, 0.2) is 17.5 Å². The lowest BCUT2D eigenvalue weighted by Gasteiger charge is -2.13. The van der Waals surface area contributed by atoms with Crippen LogP contribution in [0.15, 0.2) is 156 Å². The van der Waals surface area contributed by atoms with Crippen molar-refractivity contribution < 1.29 is 0 Å². The van der Waals surface area contributed by atoms with Crippen molar-refractivity contribution in [2.75, 3.05) is 0 Å². The number of hydrogen-bond acceptors (Lipinski definition) is 4. The van der Waals surface area contributed by atoms with E-state index in [1.807, 2.05) is 66.7 Å². The molecule has 0 amide bonds. The Hall–Kier alpha value is -6.40. The van der Waals surface area contributed by atoms with Crippen molar-refractivity contribution in [1.29, 1.82) is 0 Å². The zero-order chi connectivity index (χ0) is 32.6. The molecule has 6 heteroatoms. The molecule has 0 radical (unpaired) electrons. The molecule has 0 bridgehead atoms. The number of fused-ring (bicyclic) bond motifs is 1. The lowest BCUT2D eigenvalue weighted by Crippen LogP contribution is -2.19. The van der Waals surface area contributed by atoms with Crippen LogP contribution in [0.25, 0.3) is 78.6 Å². The monoisotopic (exact) mass is 621 g/mol. The van der Waals surface area contributed by atoms with Crippen molar-refractivity contribution in [3.05, 3.63) is 162 Å². The fourth-order valence-corrected chi connectivity index (χ4v) is 6.27. The molecule has 48 heavy (non-hydrogen) atoms. The van der Waals surface area contributed by atoms with Crippen molar-refractivity contribution in [3.8, 4) is 67.5 Å². The van der Waals surface area contributed by atoms with Gasteiger partial charge in [0.25, 0.3) is 0 Å². The van der Waals surface area contributed by atoms with Crippen LogP contribution in [0.5, 0.6) is 0 Å². The Morgan fingerprint density at radius 3 is 1.58 bits per heavy atom. The fraction of sp³-hybridized carbons (Fsp3) is 0.0476. The van der Waals surface area contributed by atoms with Gasteiger partial charge in [-0.1, -0.05) is 133 Å². The Kier molecular flexibility index (Phi) is 7.31. The Morgan fingerprint density at radius 1 is 0.375 bits per heavy atom. The van der Waals surface area contributed by atoms with Crippen molar-refractivity contribution in [2.24, 2.45) is 14.1 Å². The highest BCUT2D eigenvalue weighted by Crippen LogP contribution is 2.34. The van der Waals surface area contributed by atoms with Crippen LogP contribution in [-0.2, 0) is 14.1 Å². The first-order chi connectivity index (χ1) is 23.5. The van der Waals surface area contributed by atoms with E-state index >= 15 is 0 Å². The molecule has 0 spiro atoms. The average molecular weight is 622 g/mol. The van der Waals surface area contributed by atoms with Gasteiger partial charge in [0.1, 0.15) is 0 Å². The third-order valence-electron chi connectivity index (χ3n) is 8.86. The van der Waals surface area contributed by atoms with Gasteiger partial charge in [-0.15, -0.1) is 0 Å². The maximum Gasteiger partial charge on any atom is 0.328 e. The largest absolute Gasteiger partial charge is 0.328 e. The third kappa shape index (κ3) is 5.29. The summed E-state index contributed by atoms with van der Waals surface area (Å²) in [5.41, 5.74) is 10.9. The van der Waals surface area contributed by atoms with E-state index in [-0.39, 0.29) is 5.69 Å². The van der Waals surface area contributed by atoms with Crippen molar-refractivity contribution in [2.45, 2.75) is 0 Å². The van der Waals surface area contributed by atoms with Crippen LogP contribution in [0.2, 0.25) is 0 Å². The molecule has 0 atom stereocenters. The first-order valence-electron chi connectivity index (χ1n) is 15.9. The molecule has 2 heterocycles. The molecule has 0 unspecified atom stereocenters. The fourth-order valence-electron chi connectivity index (χ4n) is 6.27. The minimum atomic E-state index is -0.0475. The smallest absolute Gasteiger partial charge is 0.295 e. The predicted octanol–water partition coefficient (Wildman–Crippen LogP) is 9.06. The Balaban J connectivity index is 1.27. The average Bonchev–Trinajstić information content (AvgIpc) is 3.38. The molecule has 0 N–H and O–H groups in total. The number of imidazole rings is 1. The summed E-state index contributed by atoms with van der Waals surface area (Å²) in [5, 5.41) is 0. The molecule has 6 nitrogen and oxygen atoms in total. The second-order valence-electron chi connectivity index (χ2n) is 11.8. The normalized spacial score (nSPS) is 11.2. The van der Waals surface area contributed by atoms with Crippen LogP contribution in [0.4, 0.5) is 0 Å². The zero-order valence-corrected chi connectivity index (χ0v) is 26.6. The van der Waals surface area contributed by atoms with Gasteiger partial charge in [-0.3, -0.25) is 9.13 Å². The molecule has 6 aromatic carbocycles. The molecule has 8 rings (SSSR count). The molecule has 0 saturated carbocycles. The van der Waals surface area contributed by atoms with Crippen molar-refractivity contribution in [1.82, 2.24) is 24.1 Å². The maximum absolute atomic E-state index is 12.6. The SMILES string of the molecule is Cn1c(=O)n(C)c2cc(-c3cccc(-c4nc(-c5ccc(-c6ccccc6)cc5)nc(-c5ccccc5-c5ccccc5)n4)c3)ccc21. The number of nitrogens with zero attached hydrogens (tertiary/aromatic N) is 5. The summed E-state index contributed by atoms with van der Waals surface area (Å²) in [6.07, 6.45) is 0. The summed E-state index contributed by atoms with van der Waals surface area (Å²) >= 11 is 0. The van der Waals surface area contributed by atoms with Gasteiger partial charge < -0.3 is 0 Å². The highest BCUT2D eigenvalue weighted by Gasteiger charge is 2.17. The highest BCUT2D eigenvalue weighted by atomic mass is 16.1. The second-order valence-corrected chi connectivity index (χ2v) is 11.8. The minimum absolute atomic E-state index is 0.0475. The molecule has 0 aliphatic heterocycles. The molecule has 0 saturated heterocycles. The van der Waals surface area contributed by atoms with Crippen molar-refractivity contribution >= 4 is 11.0 Å². The number of hydrogen-bond donors (Lipinski definition) is 0. The van der Waals surface area contributed by atoms with Gasteiger partial charge in [0.2, 0.25) is 0 Å². The zero-order valence-electron chi connectivity index (χ0n) is 26.6. The third-order valence-corrected chi connectivity index (χ3v) is 8.86. The second kappa shape index (κ2) is 12.1. The minimum Gasteiger partial charge on any atom is -0.295 e. The van der Waals surface area contributed by atoms with Crippen molar-refractivity contribution in [3.63, 3.8) is 0 Å². The van der Waals surface area contributed by atoms with Gasteiger partial charge in [-0.25, -0.2) is 19.7 Å². The van der Waals surface area contributed by atoms with E-state index in [4.69, 9.17) is 15.0 Å². The summed E-state index contributed by atoms with van der Waals surface area (Å²) in [5.74, 6) is 1.79. The lowest BCUT2D eigenvalue weighted by atomic mass is 9.99. The summed E-state index contributed by atoms with van der Waals surface area (Å²) in [4.78, 5) is 27.8. The van der Waals surface area contributed by atoms with Gasteiger partial charge in [-0.2, -0.15) is 0 Å². The molecule has 0 aliphatic rings. The Morgan fingerprint density at radius 2 is 0.854 bits per heavy atom. The Bertz CT molecular complexity index is 2480. The molecule has 230 valence electrons. The van der Waals surface area contributed by atoms with Crippen LogP contribution in [0, 0.1) is 0 Å². The van der Waals surface area contributed by atoms with E-state index in [0.29, 0.717) is 17.5 Å². The summed E-state index contributed by atoms with van der Waals surface area (Å²) in [7, 11) is 3.60. The van der Waals surface area contributed by atoms with Gasteiger partial charge >= 0.3 is 5.69 Å². The standard InChI is InChI=1S/C42H31N5O/c1-46-37-25-24-33(27-38(37)47(2)42(46)48)32-16-11-17-34(26-32)40-43-39(31-22-20-29(21-23-31)28-12-5-3-6-13-28)44-41(45-40)36-19-10-9-18-35(36)30-14-7-4-8-15-30/h3-27H,1-2H3. The summed E-state index contributed by atoms with van der Waals surface area (Å²) in [6.45, 7) is 0. The first-order valence-corrected chi connectivity index (χ1v) is 15.9. The van der Waals surface area contributed by atoms with E-state index in [0.717, 1.165) is 61.1 Å². The van der Waals surface area contributed by atoms with E-state index in [9.17, 15) is 4.79 Å². The molecule has 0 fully saturated rings. The van der Waals surface area contributed by atoms with Crippen LogP contribution >= 0.6 is 0 Å². The van der Waals surface area contributed by atoms with Crippen LogP contribution < -0.4 is 5.69 Å². The quantitative estimate of drug-likeness (QED) is 0.186. The van der Waals surface area contributed by atoms with E-state index in [2.05, 4.69) is 84.9 Å². The first kappa shape index (κ1) is 29.0. The number of rotatable bonds is 6. The van der Waals surface area contributed by atoms with E-state index in [1.54, 1.807) is 23.2 Å². The molecular formula is C42H31N5O. The van der Waals surface area contributed by atoms with E-state index in [1.165, 1.54) is 0 Å². The summed E-state index contributed by atoms with van der Waals surface area (Å²) < 4.78 is 3.35. The van der Waals surface area contributed by atoms with Gasteiger partial charge in [0.05, 0.1) is 11.0 Å². The van der Waals surface area contributed by atoms with Crippen LogP contribution in [0.1, 0.15) is 0 Å². The number of aromatic nitrogens is 5. The predicted molar refractivity (Wildman–Crippen MR) is 194 cm³/mol. The number of aryl methyl sites for hydroxylation is 2. The van der Waals surface area contributed by atoms with Crippen LogP contribution in [-0.4, -0.2) is 24.1 Å². The van der Waals surface area contributed by atoms with E-state index < -0.39 is 0 Å². The molecular weight excluding hydrogens is 590 g/mol. The lowest BCUT2D eigenvalue weighted by molar-refractivity contribution is 0.795. The Labute approximate surface area is 278 Å². The topological polar surface area (TPSA) is 65.6 Å². The van der Waals surface area contributed by atoms with Gasteiger partial charge in [0, 0.05) is 30.8 Å².